The fourth-order valence-corrected chi connectivity index (χ4v) is 6.85. The van der Waals surface area contributed by atoms with E-state index in [1.54, 1.807) is 29.6 Å². The van der Waals surface area contributed by atoms with Gasteiger partial charge < -0.3 is 9.47 Å². The van der Waals surface area contributed by atoms with Crippen LogP contribution >= 0.6 is 11.8 Å². The number of pyridine rings is 1. The predicted octanol–water partition coefficient (Wildman–Crippen LogP) is 5.49. The second-order valence-electron chi connectivity index (χ2n) is 9.94. The van der Waals surface area contributed by atoms with E-state index in [4.69, 9.17) is 5.26 Å². The molecule has 1 aromatic carbocycles. The number of carbonyl (C=O) groups is 2. The highest BCUT2D eigenvalue weighted by Gasteiger charge is 2.39. The van der Waals surface area contributed by atoms with E-state index < -0.39 is 23.9 Å². The Hall–Kier alpha value is -3.32. The summed E-state index contributed by atoms with van der Waals surface area (Å²) in [5.74, 6) is 0.468. The molecular formula is C28H27F3N4O2S. The number of carbonyl (C=O) groups excluding carboxylic acids is 2. The molecule has 0 N–H and O–H groups in total. The number of halogens is 3. The number of aryl methyl sites for hydroxylation is 1. The molecule has 10 heteroatoms. The minimum absolute atomic E-state index is 0.000846. The Balaban J connectivity index is 1.47. The van der Waals surface area contributed by atoms with Crippen molar-refractivity contribution in [2.24, 2.45) is 7.05 Å². The number of piperidine rings is 1. The van der Waals surface area contributed by atoms with E-state index in [2.05, 4.69) is 4.98 Å². The number of nitriles is 1. The van der Waals surface area contributed by atoms with Gasteiger partial charge in [0.05, 0.1) is 22.4 Å². The standard InChI is InChI=1S/C28H27F3N4O2S/c1-34-16-21(18-7-9-35(10-8-18)27(37)23-6-3-11-38-23)24-25(28(29,30)31)20(15-33-26(24)34)13-22(36)19-5-2-4-17(12-19)14-32/h2,4-5,12,15-16,18,23H,3,6-11,13H2,1H3/t23-/m1/s1. The van der Waals surface area contributed by atoms with Gasteiger partial charge in [0.25, 0.3) is 0 Å². The molecule has 0 saturated carbocycles. The highest BCUT2D eigenvalue weighted by Crippen LogP contribution is 2.43. The van der Waals surface area contributed by atoms with Crippen molar-refractivity contribution in [2.45, 2.75) is 49.4 Å². The molecule has 0 bridgehead atoms. The van der Waals surface area contributed by atoms with Gasteiger partial charge in [-0.05, 0) is 60.6 Å². The zero-order chi connectivity index (χ0) is 27.0. The number of hydrogen-bond donors (Lipinski definition) is 0. The number of thioether (sulfide) groups is 1. The van der Waals surface area contributed by atoms with Crippen LogP contribution in [0, 0.1) is 11.3 Å². The maximum Gasteiger partial charge on any atom is 0.417 e. The lowest BCUT2D eigenvalue weighted by Gasteiger charge is -2.33. The number of nitrogens with zero attached hydrogens (tertiary/aromatic N) is 4. The summed E-state index contributed by atoms with van der Waals surface area (Å²) in [5, 5.41) is 9.15. The zero-order valence-corrected chi connectivity index (χ0v) is 21.7. The topological polar surface area (TPSA) is 79.0 Å². The molecule has 2 fully saturated rings. The largest absolute Gasteiger partial charge is 0.417 e. The number of hydrogen-bond acceptors (Lipinski definition) is 5. The summed E-state index contributed by atoms with van der Waals surface area (Å²) in [6.07, 6.45) is 0.745. The third-order valence-electron chi connectivity index (χ3n) is 7.49. The number of fused-ring (bicyclic) bond motifs is 1. The van der Waals surface area contributed by atoms with Crippen molar-refractivity contribution in [3.05, 3.63) is 64.5 Å². The van der Waals surface area contributed by atoms with Crippen LogP contribution in [0.4, 0.5) is 13.2 Å². The highest BCUT2D eigenvalue weighted by molar-refractivity contribution is 8.00. The van der Waals surface area contributed by atoms with Crippen molar-refractivity contribution in [1.29, 1.82) is 5.26 Å². The summed E-state index contributed by atoms with van der Waals surface area (Å²) >= 11 is 1.69. The molecule has 3 aromatic rings. The summed E-state index contributed by atoms with van der Waals surface area (Å²) < 4.78 is 45.4. The quantitative estimate of drug-likeness (QED) is 0.400. The second-order valence-corrected chi connectivity index (χ2v) is 11.3. The molecule has 2 saturated heterocycles. The van der Waals surface area contributed by atoms with Gasteiger partial charge in [0, 0.05) is 49.9 Å². The number of aromatic nitrogens is 2. The van der Waals surface area contributed by atoms with Crippen molar-refractivity contribution in [1.82, 2.24) is 14.5 Å². The van der Waals surface area contributed by atoms with Crippen molar-refractivity contribution in [3.8, 4) is 6.07 Å². The molecule has 198 valence electrons. The van der Waals surface area contributed by atoms with Crippen LogP contribution < -0.4 is 0 Å². The van der Waals surface area contributed by atoms with Gasteiger partial charge in [-0.3, -0.25) is 9.59 Å². The first-order valence-electron chi connectivity index (χ1n) is 12.6. The lowest BCUT2D eigenvalue weighted by atomic mass is 9.87. The van der Waals surface area contributed by atoms with E-state index in [0.29, 0.717) is 31.5 Å². The minimum atomic E-state index is -4.70. The van der Waals surface area contributed by atoms with Crippen LogP contribution in [0.25, 0.3) is 11.0 Å². The zero-order valence-electron chi connectivity index (χ0n) is 20.9. The van der Waals surface area contributed by atoms with E-state index >= 15 is 0 Å². The molecule has 6 nitrogen and oxygen atoms in total. The summed E-state index contributed by atoms with van der Waals surface area (Å²) in [5.41, 5.74) is 0.214. The fraction of sp³-hybridized carbons (Fsp3) is 0.429. The van der Waals surface area contributed by atoms with Crippen molar-refractivity contribution in [3.63, 3.8) is 0 Å². The summed E-state index contributed by atoms with van der Waals surface area (Å²) in [7, 11) is 1.67. The number of amides is 1. The lowest BCUT2D eigenvalue weighted by molar-refractivity contribution is -0.136. The van der Waals surface area contributed by atoms with Crippen molar-refractivity contribution >= 4 is 34.5 Å². The van der Waals surface area contributed by atoms with Gasteiger partial charge >= 0.3 is 6.18 Å². The second kappa shape index (κ2) is 10.4. The van der Waals surface area contributed by atoms with Gasteiger partial charge in [0.1, 0.15) is 5.65 Å². The van der Waals surface area contributed by atoms with Gasteiger partial charge in [0.15, 0.2) is 5.78 Å². The molecule has 5 rings (SSSR count). The Kier molecular flexibility index (Phi) is 7.23. The van der Waals surface area contributed by atoms with E-state index in [1.165, 1.54) is 24.3 Å². The first-order valence-corrected chi connectivity index (χ1v) is 13.7. The van der Waals surface area contributed by atoms with Crippen molar-refractivity contribution < 1.29 is 22.8 Å². The molecule has 2 aromatic heterocycles. The Labute approximate surface area is 222 Å². The van der Waals surface area contributed by atoms with E-state index in [-0.39, 0.29) is 44.8 Å². The molecule has 1 atom stereocenters. The Bertz CT molecular complexity index is 1430. The number of rotatable bonds is 5. The van der Waals surface area contributed by atoms with E-state index in [1.807, 2.05) is 11.0 Å². The van der Waals surface area contributed by atoms with Crippen LogP contribution in [0.5, 0.6) is 0 Å². The number of ketones is 1. The average Bonchev–Trinajstić information content (AvgIpc) is 3.56. The maximum absolute atomic E-state index is 14.6. The summed E-state index contributed by atoms with van der Waals surface area (Å²) in [6.45, 7) is 1.03. The van der Waals surface area contributed by atoms with E-state index in [9.17, 15) is 22.8 Å². The molecule has 4 heterocycles. The van der Waals surface area contributed by atoms with E-state index in [0.717, 1.165) is 24.8 Å². The van der Waals surface area contributed by atoms with Crippen LogP contribution in [-0.4, -0.2) is 50.2 Å². The number of benzene rings is 1. The van der Waals surface area contributed by atoms with Gasteiger partial charge in [-0.15, -0.1) is 11.8 Å². The lowest BCUT2D eigenvalue weighted by Crippen LogP contribution is -2.42. The third kappa shape index (κ3) is 5.04. The molecule has 38 heavy (non-hydrogen) atoms. The molecule has 0 spiro atoms. The molecular weight excluding hydrogens is 513 g/mol. The van der Waals surface area contributed by atoms with Gasteiger partial charge in [-0.1, -0.05) is 12.1 Å². The van der Waals surface area contributed by atoms with Crippen molar-refractivity contribution in [2.75, 3.05) is 18.8 Å². The first kappa shape index (κ1) is 26.3. The normalized spacial score (nSPS) is 18.6. The number of likely N-dealkylation sites (tertiary alicyclic amines) is 1. The van der Waals surface area contributed by atoms with Crippen LogP contribution in [0.3, 0.4) is 0 Å². The van der Waals surface area contributed by atoms with Gasteiger partial charge in [-0.2, -0.15) is 18.4 Å². The number of alkyl halides is 3. The Morgan fingerprint density at radius 1 is 1.21 bits per heavy atom. The smallest absolute Gasteiger partial charge is 0.342 e. The minimum Gasteiger partial charge on any atom is -0.342 e. The predicted molar refractivity (Wildman–Crippen MR) is 139 cm³/mol. The SMILES string of the molecule is Cn1cc(C2CCN(C(=O)[C@H]3CCCS3)CC2)c2c(C(F)(F)F)c(CC(=O)c3cccc(C#N)c3)cnc21. The highest BCUT2D eigenvalue weighted by atomic mass is 32.2. The van der Waals surface area contributed by atoms with Gasteiger partial charge in [-0.25, -0.2) is 4.98 Å². The fourth-order valence-electron chi connectivity index (χ4n) is 5.61. The Morgan fingerprint density at radius 2 is 1.97 bits per heavy atom. The molecule has 0 unspecified atom stereocenters. The molecule has 0 radical (unpaired) electrons. The average molecular weight is 541 g/mol. The molecule has 1 amide bonds. The van der Waals surface area contributed by atoms with Crippen LogP contribution in [0.15, 0.2) is 36.7 Å². The van der Waals surface area contributed by atoms with Crippen LogP contribution in [0.2, 0.25) is 0 Å². The summed E-state index contributed by atoms with van der Waals surface area (Å²) in [4.78, 5) is 32.0. The molecule has 2 aliphatic heterocycles. The van der Waals surface area contributed by atoms with Crippen LogP contribution in [-0.2, 0) is 24.4 Å². The van der Waals surface area contributed by atoms with Crippen LogP contribution in [0.1, 0.15) is 64.2 Å². The van der Waals surface area contributed by atoms with Gasteiger partial charge in [0.2, 0.25) is 5.91 Å². The number of Topliss-reactive ketones (excluding diaryl/α,β-unsaturated/α-hetero) is 1. The first-order chi connectivity index (χ1) is 18.2. The third-order valence-corrected chi connectivity index (χ3v) is 8.86. The maximum atomic E-state index is 14.6. The molecule has 2 aliphatic rings. The summed E-state index contributed by atoms with van der Waals surface area (Å²) in [6, 6.07) is 7.90. The monoisotopic (exact) mass is 540 g/mol. The molecule has 0 aliphatic carbocycles. The Morgan fingerprint density at radius 3 is 2.63 bits per heavy atom.